The number of fused-ring (bicyclic) bond motifs is 2. The van der Waals surface area contributed by atoms with E-state index in [1.807, 2.05) is 60.4 Å². The summed E-state index contributed by atoms with van der Waals surface area (Å²) < 4.78 is 9.19. The highest BCUT2D eigenvalue weighted by atomic mass is 16.5. The van der Waals surface area contributed by atoms with Gasteiger partial charge in [-0.05, 0) is 30.4 Å². The summed E-state index contributed by atoms with van der Waals surface area (Å²) >= 11 is 0. The summed E-state index contributed by atoms with van der Waals surface area (Å²) in [4.78, 5) is 4.65. The molecule has 1 aliphatic carbocycles. The van der Waals surface area contributed by atoms with E-state index in [9.17, 15) is 0 Å². The van der Waals surface area contributed by atoms with Crippen molar-refractivity contribution >= 4 is 28.7 Å². The largest absolute Gasteiger partial charge is 0.473 e. The fourth-order valence-electron chi connectivity index (χ4n) is 2.86. The zero-order valence-corrected chi connectivity index (χ0v) is 13.7. The van der Waals surface area contributed by atoms with Crippen LogP contribution in [0.15, 0.2) is 47.7 Å². The standard InChI is InChI=1S/C18H17N5O2/c1-22-9-7-12-14(22)6-5-13(16(12)19)20-17-15-4-2-3-8-23(15)21-18(17)25-11-10-24/h2-9,19,24H,10-11H2,1H3. The lowest BCUT2D eigenvalue weighted by molar-refractivity contribution is 0.197. The number of nitrogens with zero attached hydrogens (tertiary/aromatic N) is 4. The van der Waals surface area contributed by atoms with Crippen molar-refractivity contribution in [3.05, 3.63) is 54.0 Å². The molecule has 3 aromatic heterocycles. The van der Waals surface area contributed by atoms with Crippen molar-refractivity contribution in [3.63, 3.8) is 0 Å². The van der Waals surface area contributed by atoms with Crippen LogP contribution in [0.1, 0.15) is 11.3 Å². The van der Waals surface area contributed by atoms with E-state index in [1.165, 1.54) is 0 Å². The number of nitrogens with one attached hydrogen (secondary N) is 1. The number of aryl methyl sites for hydroxylation is 1. The van der Waals surface area contributed by atoms with E-state index in [0.717, 1.165) is 16.8 Å². The average molecular weight is 335 g/mol. The van der Waals surface area contributed by atoms with E-state index in [-0.39, 0.29) is 13.2 Å². The first kappa shape index (κ1) is 15.3. The summed E-state index contributed by atoms with van der Waals surface area (Å²) in [6.07, 6.45) is 7.51. The number of aliphatic hydroxyl groups is 1. The van der Waals surface area contributed by atoms with E-state index in [2.05, 4.69) is 10.1 Å². The molecule has 0 saturated heterocycles. The molecule has 0 bridgehead atoms. The molecule has 0 unspecified atom stereocenters. The van der Waals surface area contributed by atoms with Gasteiger partial charge >= 0.3 is 0 Å². The van der Waals surface area contributed by atoms with Gasteiger partial charge in [0.1, 0.15) is 6.61 Å². The predicted octanol–water partition coefficient (Wildman–Crippen LogP) is 2.21. The summed E-state index contributed by atoms with van der Waals surface area (Å²) in [6, 6.07) is 7.57. The molecule has 0 spiro atoms. The molecule has 2 N–H and O–H groups in total. The average Bonchev–Trinajstić information content (AvgIpc) is 3.17. The fraction of sp³-hybridized carbons (Fsp3) is 0.167. The van der Waals surface area contributed by atoms with Crippen molar-refractivity contribution in [2.24, 2.45) is 12.0 Å². The van der Waals surface area contributed by atoms with Crippen LogP contribution in [0.3, 0.4) is 0 Å². The Morgan fingerprint density at radius 2 is 2.12 bits per heavy atom. The second-order valence-electron chi connectivity index (χ2n) is 5.69. The highest BCUT2D eigenvalue weighted by Gasteiger charge is 2.20. The van der Waals surface area contributed by atoms with Crippen molar-refractivity contribution in [2.75, 3.05) is 13.2 Å². The number of pyridine rings is 1. The number of aromatic nitrogens is 3. The number of allylic oxidation sites excluding steroid dienone is 1. The number of aliphatic hydroxyl groups excluding tert-OH is 1. The van der Waals surface area contributed by atoms with Crippen LogP contribution in [-0.2, 0) is 7.05 Å². The highest BCUT2D eigenvalue weighted by molar-refractivity contribution is 6.53. The van der Waals surface area contributed by atoms with Crippen molar-refractivity contribution in [2.45, 2.75) is 0 Å². The van der Waals surface area contributed by atoms with Gasteiger partial charge in [-0.1, -0.05) is 6.07 Å². The van der Waals surface area contributed by atoms with Gasteiger partial charge in [-0.15, -0.1) is 5.10 Å². The zero-order chi connectivity index (χ0) is 17.4. The van der Waals surface area contributed by atoms with Crippen LogP contribution in [0.4, 0.5) is 5.69 Å². The molecule has 25 heavy (non-hydrogen) atoms. The lowest BCUT2D eigenvalue weighted by Gasteiger charge is -2.11. The van der Waals surface area contributed by atoms with Gasteiger partial charge in [0.2, 0.25) is 0 Å². The third-order valence-corrected chi connectivity index (χ3v) is 4.09. The number of hydrogen-bond acceptors (Lipinski definition) is 5. The third-order valence-electron chi connectivity index (χ3n) is 4.09. The Hall–Kier alpha value is -3.19. The van der Waals surface area contributed by atoms with Crippen molar-refractivity contribution < 1.29 is 9.84 Å². The molecule has 0 amide bonds. The number of rotatable bonds is 4. The van der Waals surface area contributed by atoms with Crippen LogP contribution in [-0.4, -0.2) is 43.9 Å². The molecule has 126 valence electrons. The lowest BCUT2D eigenvalue weighted by atomic mass is 10.00. The summed E-state index contributed by atoms with van der Waals surface area (Å²) in [7, 11) is 1.95. The van der Waals surface area contributed by atoms with Gasteiger partial charge in [0.25, 0.3) is 5.88 Å². The van der Waals surface area contributed by atoms with Gasteiger partial charge in [0, 0.05) is 25.0 Å². The molecule has 1 aliphatic rings. The first-order valence-electron chi connectivity index (χ1n) is 7.91. The Bertz CT molecular complexity index is 1030. The minimum absolute atomic E-state index is 0.104. The SMILES string of the molecule is Cn1ccc2c1C=CC(=Nc1c(OCCO)nn3ccccc13)C2=N. The quantitative estimate of drug-likeness (QED) is 0.766. The van der Waals surface area contributed by atoms with Crippen LogP contribution in [0, 0.1) is 5.41 Å². The van der Waals surface area contributed by atoms with Crippen molar-refractivity contribution in [1.29, 1.82) is 5.41 Å². The third kappa shape index (κ3) is 2.54. The van der Waals surface area contributed by atoms with Gasteiger partial charge in [-0.2, -0.15) is 0 Å². The smallest absolute Gasteiger partial charge is 0.260 e. The highest BCUT2D eigenvalue weighted by Crippen LogP contribution is 2.33. The maximum absolute atomic E-state index is 9.03. The Morgan fingerprint density at radius 1 is 1.24 bits per heavy atom. The molecule has 3 aromatic rings. The van der Waals surface area contributed by atoms with E-state index in [1.54, 1.807) is 4.52 Å². The molecule has 4 rings (SSSR count). The molecule has 7 nitrogen and oxygen atoms in total. The molecule has 0 aromatic carbocycles. The summed E-state index contributed by atoms with van der Waals surface area (Å²) in [5, 5.41) is 21.8. The molecular weight excluding hydrogens is 318 g/mol. The van der Waals surface area contributed by atoms with E-state index in [0.29, 0.717) is 23.0 Å². The lowest BCUT2D eigenvalue weighted by Crippen LogP contribution is -2.16. The van der Waals surface area contributed by atoms with E-state index >= 15 is 0 Å². The number of aliphatic imine (C=N–C) groups is 1. The Kier molecular flexibility index (Phi) is 3.70. The predicted molar refractivity (Wildman–Crippen MR) is 96.1 cm³/mol. The summed E-state index contributed by atoms with van der Waals surface area (Å²) in [5.41, 5.74) is 4.08. The first-order valence-corrected chi connectivity index (χ1v) is 7.91. The molecule has 0 fully saturated rings. The molecule has 7 heteroatoms. The van der Waals surface area contributed by atoms with Gasteiger partial charge in [0.15, 0.2) is 5.69 Å². The van der Waals surface area contributed by atoms with Crippen LogP contribution < -0.4 is 4.74 Å². The summed E-state index contributed by atoms with van der Waals surface area (Å²) in [5.74, 6) is 0.341. The van der Waals surface area contributed by atoms with Crippen molar-refractivity contribution in [3.8, 4) is 5.88 Å². The van der Waals surface area contributed by atoms with Gasteiger partial charge < -0.3 is 14.4 Å². The van der Waals surface area contributed by atoms with Crippen LogP contribution in [0.25, 0.3) is 11.6 Å². The fourth-order valence-corrected chi connectivity index (χ4v) is 2.86. The normalized spacial score (nSPS) is 15.1. The van der Waals surface area contributed by atoms with Crippen LogP contribution >= 0.6 is 0 Å². The number of ether oxygens (including phenoxy) is 1. The van der Waals surface area contributed by atoms with E-state index in [4.69, 9.17) is 15.3 Å². The Balaban J connectivity index is 1.82. The summed E-state index contributed by atoms with van der Waals surface area (Å²) in [6.45, 7) is 0.0326. The van der Waals surface area contributed by atoms with Gasteiger partial charge in [-0.25, -0.2) is 9.51 Å². The minimum Gasteiger partial charge on any atom is -0.473 e. The second kappa shape index (κ2) is 6.03. The molecule has 3 heterocycles. The zero-order valence-electron chi connectivity index (χ0n) is 13.7. The number of hydrogen-bond donors (Lipinski definition) is 2. The van der Waals surface area contributed by atoms with Crippen molar-refractivity contribution in [1.82, 2.24) is 14.2 Å². The maximum Gasteiger partial charge on any atom is 0.260 e. The topological polar surface area (TPSA) is 87.9 Å². The molecule has 0 atom stereocenters. The maximum atomic E-state index is 9.03. The van der Waals surface area contributed by atoms with Gasteiger partial charge in [-0.3, -0.25) is 5.41 Å². The van der Waals surface area contributed by atoms with E-state index < -0.39 is 0 Å². The van der Waals surface area contributed by atoms with Crippen LogP contribution in [0.2, 0.25) is 0 Å². The van der Waals surface area contributed by atoms with Crippen LogP contribution in [0.5, 0.6) is 5.88 Å². The molecular formula is C18H17N5O2. The molecule has 0 aliphatic heterocycles. The monoisotopic (exact) mass is 335 g/mol. The Labute approximate surface area is 144 Å². The molecule has 0 radical (unpaired) electrons. The second-order valence-corrected chi connectivity index (χ2v) is 5.69. The first-order chi connectivity index (χ1) is 12.2. The van der Waals surface area contributed by atoms with Gasteiger partial charge in [0.05, 0.1) is 29.2 Å². The molecule has 0 saturated carbocycles. The Morgan fingerprint density at radius 3 is 2.96 bits per heavy atom. The minimum atomic E-state index is -0.104.